The summed E-state index contributed by atoms with van der Waals surface area (Å²) >= 11 is 3.50. The van der Waals surface area contributed by atoms with Gasteiger partial charge in [-0.3, -0.25) is 0 Å². The van der Waals surface area contributed by atoms with Crippen LogP contribution < -0.4 is 0 Å². The van der Waals surface area contributed by atoms with Gasteiger partial charge < -0.3 is 0 Å². The molecule has 0 rings (SSSR count). The van der Waals surface area contributed by atoms with Gasteiger partial charge in [0.15, 0.2) is 0 Å². The molecule has 0 nitrogen and oxygen atoms in total. The van der Waals surface area contributed by atoms with Crippen molar-refractivity contribution >= 4 is 27.3 Å². The number of rotatable bonds is 2. The Balaban J connectivity index is 2.19. The Labute approximate surface area is 46.2 Å². The average Bonchev–Trinajstić information content (AvgIpc) is 1.41. The van der Waals surface area contributed by atoms with E-state index in [1.165, 1.54) is 11.7 Å². The number of hydrogen-bond donors (Lipinski definition) is 0. The summed E-state index contributed by atoms with van der Waals surface area (Å²) in [6.07, 6.45) is 1.36. The summed E-state index contributed by atoms with van der Waals surface area (Å²) in [6, 6.07) is 0. The quantitative estimate of drug-likeness (QED) is 0.566. The normalized spacial score (nSPS) is 8.40. The molecule has 0 heterocycles. The van der Waals surface area contributed by atoms with Gasteiger partial charge in [0.25, 0.3) is 0 Å². The molecule has 0 atom stereocenters. The molecular weight excluding hydrogens is 194 g/mol. The first-order valence-corrected chi connectivity index (χ1v) is 7.64. The Kier molecular flexibility index (Phi) is 6.09. The molecule has 0 aromatic rings. The summed E-state index contributed by atoms with van der Waals surface area (Å²) in [5.41, 5.74) is 0. The van der Waals surface area contributed by atoms with E-state index in [9.17, 15) is 0 Å². The summed E-state index contributed by atoms with van der Waals surface area (Å²) in [4.78, 5) is 0. The van der Waals surface area contributed by atoms with E-state index in [2.05, 4.69) is 21.1 Å². The van der Waals surface area contributed by atoms with Gasteiger partial charge in [-0.15, -0.1) is 0 Å². The SMILES string of the molecule is CCC[Se][SeH]. The van der Waals surface area contributed by atoms with Gasteiger partial charge in [-0.05, 0) is 0 Å². The van der Waals surface area contributed by atoms with Gasteiger partial charge in [0, 0.05) is 0 Å². The molecule has 0 amide bonds. The van der Waals surface area contributed by atoms with Crippen molar-refractivity contribution in [2.45, 2.75) is 18.7 Å². The summed E-state index contributed by atoms with van der Waals surface area (Å²) in [5, 5.41) is 1.42. The fraction of sp³-hybridized carbons (Fsp3) is 1.00. The molecule has 2 heteroatoms. The van der Waals surface area contributed by atoms with Gasteiger partial charge in [0.2, 0.25) is 0 Å². The van der Waals surface area contributed by atoms with Crippen LogP contribution in [0.2, 0.25) is 5.32 Å². The first-order chi connectivity index (χ1) is 2.41. The molecule has 0 aliphatic rings. The van der Waals surface area contributed by atoms with Crippen molar-refractivity contribution in [3.05, 3.63) is 0 Å². The van der Waals surface area contributed by atoms with E-state index in [0.29, 0.717) is 0 Å². The minimum atomic E-state index is 0.863. The van der Waals surface area contributed by atoms with Crippen molar-refractivity contribution in [1.29, 1.82) is 0 Å². The zero-order valence-electron chi connectivity index (χ0n) is 3.27. The molecule has 0 aliphatic heterocycles. The van der Waals surface area contributed by atoms with E-state index in [0.717, 1.165) is 13.1 Å². The van der Waals surface area contributed by atoms with E-state index in [1.54, 1.807) is 0 Å². The van der Waals surface area contributed by atoms with E-state index in [-0.39, 0.29) is 0 Å². The Morgan fingerprint density at radius 2 is 2.40 bits per heavy atom. The van der Waals surface area contributed by atoms with Crippen molar-refractivity contribution in [2.24, 2.45) is 0 Å². The molecule has 0 N–H and O–H groups in total. The van der Waals surface area contributed by atoms with E-state index >= 15 is 0 Å². The fourth-order valence-electron chi connectivity index (χ4n) is 0.0913. The molecule has 0 radical (unpaired) electrons. The Bertz CT molecular complexity index is 12.4. The van der Waals surface area contributed by atoms with Crippen LogP contribution in [0.5, 0.6) is 0 Å². The Morgan fingerprint density at radius 3 is 2.40 bits per heavy atom. The van der Waals surface area contributed by atoms with Crippen molar-refractivity contribution in [3.8, 4) is 0 Å². The molecule has 0 spiro atoms. The van der Waals surface area contributed by atoms with Crippen LogP contribution >= 0.6 is 0 Å². The first kappa shape index (κ1) is 6.04. The Morgan fingerprint density at radius 1 is 1.80 bits per heavy atom. The van der Waals surface area contributed by atoms with Crippen LogP contribution in [0, 0.1) is 0 Å². The summed E-state index contributed by atoms with van der Waals surface area (Å²) < 4.78 is 0. The van der Waals surface area contributed by atoms with Crippen molar-refractivity contribution < 1.29 is 0 Å². The monoisotopic (exact) mass is 204 g/mol. The van der Waals surface area contributed by atoms with Crippen molar-refractivity contribution in [2.75, 3.05) is 0 Å². The zero-order chi connectivity index (χ0) is 4.12. The second-order valence-electron chi connectivity index (χ2n) is 0.833. The van der Waals surface area contributed by atoms with Gasteiger partial charge in [-0.1, -0.05) is 0 Å². The van der Waals surface area contributed by atoms with Gasteiger partial charge in [0.05, 0.1) is 0 Å². The number of hydrogen-bond acceptors (Lipinski definition) is 0. The predicted octanol–water partition coefficient (Wildman–Crippen LogP) is 0.335. The van der Waals surface area contributed by atoms with Crippen LogP contribution in [0.15, 0.2) is 0 Å². The molecule has 0 aromatic heterocycles. The second-order valence-corrected chi connectivity index (χ2v) is 5.05. The third-order valence-electron chi connectivity index (χ3n) is 0.295. The molecule has 0 bridgehead atoms. The van der Waals surface area contributed by atoms with Gasteiger partial charge in [-0.2, -0.15) is 0 Å². The Hall–Kier alpha value is 1.04. The summed E-state index contributed by atoms with van der Waals surface area (Å²) in [5.74, 6) is 0. The molecule has 0 unspecified atom stereocenters. The predicted molar refractivity (Wildman–Crippen MR) is 28.0 cm³/mol. The molecule has 0 aromatic carbocycles. The van der Waals surface area contributed by atoms with Crippen molar-refractivity contribution in [3.63, 3.8) is 0 Å². The molecule has 0 fully saturated rings. The van der Waals surface area contributed by atoms with Crippen LogP contribution in [0.25, 0.3) is 0 Å². The molecule has 0 saturated heterocycles. The van der Waals surface area contributed by atoms with Crippen LogP contribution in [0.1, 0.15) is 13.3 Å². The topological polar surface area (TPSA) is 0 Å². The van der Waals surface area contributed by atoms with Gasteiger partial charge in [0.1, 0.15) is 0 Å². The van der Waals surface area contributed by atoms with Crippen LogP contribution in [-0.2, 0) is 0 Å². The third kappa shape index (κ3) is 5.04. The van der Waals surface area contributed by atoms with Crippen LogP contribution in [0.3, 0.4) is 0 Å². The van der Waals surface area contributed by atoms with Crippen molar-refractivity contribution in [1.82, 2.24) is 0 Å². The van der Waals surface area contributed by atoms with Crippen LogP contribution in [0.4, 0.5) is 0 Å². The van der Waals surface area contributed by atoms with E-state index < -0.39 is 0 Å². The third-order valence-corrected chi connectivity index (χ3v) is 3.53. The molecule has 32 valence electrons. The molecular formula is C3H8Se2. The standard InChI is InChI=1S/C3H8Se2/c1-2-3-5-4/h4H,2-3H2,1H3. The first-order valence-electron chi connectivity index (χ1n) is 1.68. The van der Waals surface area contributed by atoms with Crippen LogP contribution in [-0.4, -0.2) is 27.3 Å². The summed E-state index contributed by atoms with van der Waals surface area (Å²) in [7, 11) is 0. The second kappa shape index (κ2) is 5.04. The molecule has 0 aliphatic carbocycles. The maximum atomic E-state index is 2.64. The molecule has 0 saturated carbocycles. The fourth-order valence-corrected chi connectivity index (χ4v) is 2.46. The van der Waals surface area contributed by atoms with Gasteiger partial charge >= 0.3 is 46.0 Å². The van der Waals surface area contributed by atoms with E-state index in [1.807, 2.05) is 0 Å². The molecule has 5 heavy (non-hydrogen) atoms. The minimum absolute atomic E-state index is 0.863. The van der Waals surface area contributed by atoms with E-state index in [4.69, 9.17) is 0 Å². The average molecular weight is 202 g/mol. The summed E-state index contributed by atoms with van der Waals surface area (Å²) in [6.45, 7) is 2.22. The maximum absolute atomic E-state index is 2.64. The van der Waals surface area contributed by atoms with Gasteiger partial charge in [-0.25, -0.2) is 0 Å². The zero-order valence-corrected chi connectivity index (χ0v) is 6.86.